The zero-order chi connectivity index (χ0) is 12.8. The van der Waals surface area contributed by atoms with Crippen molar-refractivity contribution in [2.75, 3.05) is 6.26 Å². The predicted octanol–water partition coefficient (Wildman–Crippen LogP) is 3.87. The Balaban J connectivity index is 3.05. The van der Waals surface area contributed by atoms with Crippen molar-refractivity contribution in [2.45, 2.75) is 18.7 Å². The van der Waals surface area contributed by atoms with Gasteiger partial charge in [-0.15, -0.1) is 22.0 Å². The predicted molar refractivity (Wildman–Crippen MR) is 68.7 cm³/mol. The van der Waals surface area contributed by atoms with Crippen molar-refractivity contribution in [2.24, 2.45) is 10.2 Å². The molecule has 0 fully saturated rings. The molecule has 0 radical (unpaired) electrons. The molecule has 90 valence electrons. The molecule has 0 heterocycles. The number of azo groups is 1. The quantitative estimate of drug-likeness (QED) is 0.382. The summed E-state index contributed by atoms with van der Waals surface area (Å²) < 4.78 is 0. The van der Waals surface area contributed by atoms with Crippen LogP contribution >= 0.6 is 11.8 Å². The van der Waals surface area contributed by atoms with Gasteiger partial charge in [0.1, 0.15) is 5.76 Å². The number of carbonyl (C=O) groups excluding carboxylic acids is 1. The van der Waals surface area contributed by atoms with Gasteiger partial charge in [-0.05, 0) is 25.3 Å². The van der Waals surface area contributed by atoms with E-state index >= 15 is 0 Å². The molecule has 1 rings (SSSR count). The third kappa shape index (κ3) is 3.71. The lowest BCUT2D eigenvalue weighted by Gasteiger charge is -2.00. The molecule has 0 unspecified atom stereocenters. The number of hydrogen-bond donors (Lipinski definition) is 1. The molecule has 0 spiro atoms. The van der Waals surface area contributed by atoms with E-state index in [9.17, 15) is 9.90 Å². The molecule has 4 nitrogen and oxygen atoms in total. The SMILES string of the molecule is CSc1ccccc1N=NC(C(C)=O)=C(C)O. The highest BCUT2D eigenvalue weighted by molar-refractivity contribution is 7.98. The van der Waals surface area contributed by atoms with Crippen LogP contribution in [0.5, 0.6) is 0 Å². The number of allylic oxidation sites excluding steroid dienone is 2. The number of hydrogen-bond acceptors (Lipinski definition) is 5. The van der Waals surface area contributed by atoms with Crippen molar-refractivity contribution in [3.8, 4) is 0 Å². The van der Waals surface area contributed by atoms with Crippen LogP contribution < -0.4 is 0 Å². The molecule has 0 saturated heterocycles. The lowest BCUT2D eigenvalue weighted by atomic mass is 10.3. The van der Waals surface area contributed by atoms with Crippen molar-refractivity contribution in [1.82, 2.24) is 0 Å². The molecule has 0 aliphatic rings. The van der Waals surface area contributed by atoms with E-state index in [2.05, 4.69) is 10.2 Å². The maximum Gasteiger partial charge on any atom is 0.183 e. The second kappa shape index (κ2) is 6.20. The van der Waals surface area contributed by atoms with Gasteiger partial charge in [0.25, 0.3) is 0 Å². The fourth-order valence-electron chi connectivity index (χ4n) is 1.21. The molecular weight excluding hydrogens is 236 g/mol. The van der Waals surface area contributed by atoms with Crippen molar-refractivity contribution < 1.29 is 9.90 Å². The number of benzene rings is 1. The fourth-order valence-corrected chi connectivity index (χ4v) is 1.75. The first-order chi connectivity index (χ1) is 8.06. The van der Waals surface area contributed by atoms with Crippen LogP contribution in [0, 0.1) is 0 Å². The van der Waals surface area contributed by atoms with Crippen LogP contribution in [0.15, 0.2) is 50.8 Å². The number of carbonyl (C=O) groups is 1. The van der Waals surface area contributed by atoms with Gasteiger partial charge in [-0.25, -0.2) is 0 Å². The second-order valence-electron chi connectivity index (χ2n) is 3.36. The average Bonchev–Trinajstić information content (AvgIpc) is 2.29. The average molecular weight is 250 g/mol. The van der Waals surface area contributed by atoms with E-state index < -0.39 is 0 Å². The van der Waals surface area contributed by atoms with E-state index in [0.29, 0.717) is 5.69 Å². The number of thioether (sulfide) groups is 1. The van der Waals surface area contributed by atoms with E-state index in [1.807, 2.05) is 24.5 Å². The van der Waals surface area contributed by atoms with E-state index in [-0.39, 0.29) is 17.2 Å². The lowest BCUT2D eigenvalue weighted by molar-refractivity contribution is -0.113. The molecule has 0 bridgehead atoms. The second-order valence-corrected chi connectivity index (χ2v) is 4.21. The smallest absolute Gasteiger partial charge is 0.183 e. The van der Waals surface area contributed by atoms with Crippen molar-refractivity contribution in [1.29, 1.82) is 0 Å². The Labute approximate surface area is 104 Å². The number of aliphatic hydroxyl groups is 1. The largest absolute Gasteiger partial charge is 0.510 e. The van der Waals surface area contributed by atoms with Gasteiger partial charge in [-0.2, -0.15) is 0 Å². The minimum Gasteiger partial charge on any atom is -0.510 e. The van der Waals surface area contributed by atoms with Gasteiger partial charge in [0.05, 0.1) is 5.69 Å². The first-order valence-corrected chi connectivity index (χ1v) is 6.24. The zero-order valence-electron chi connectivity index (χ0n) is 9.97. The third-order valence-corrected chi connectivity index (χ3v) is 2.80. The summed E-state index contributed by atoms with van der Waals surface area (Å²) in [6.45, 7) is 2.75. The number of aliphatic hydroxyl groups excluding tert-OH is 1. The van der Waals surface area contributed by atoms with E-state index in [4.69, 9.17) is 0 Å². The number of Topliss-reactive ketones (excluding diaryl/α,β-unsaturated/α-hetero) is 1. The minimum absolute atomic E-state index is 0.0130. The fraction of sp³-hybridized carbons (Fsp3) is 0.250. The molecule has 0 aromatic heterocycles. The van der Waals surface area contributed by atoms with Crippen LogP contribution in [0.4, 0.5) is 5.69 Å². The molecule has 17 heavy (non-hydrogen) atoms. The molecule has 0 amide bonds. The van der Waals surface area contributed by atoms with Crippen LogP contribution in [0.1, 0.15) is 13.8 Å². The Hall–Kier alpha value is -1.62. The molecule has 0 aliphatic carbocycles. The summed E-state index contributed by atoms with van der Waals surface area (Å²) in [5, 5.41) is 17.1. The summed E-state index contributed by atoms with van der Waals surface area (Å²) in [4.78, 5) is 12.2. The normalized spacial score (nSPS) is 12.6. The summed E-state index contributed by atoms with van der Waals surface area (Å²) in [6.07, 6.45) is 1.94. The highest BCUT2D eigenvalue weighted by Crippen LogP contribution is 2.28. The Bertz CT molecular complexity index is 477. The molecule has 0 aliphatic heterocycles. The molecule has 0 atom stereocenters. The Morgan fingerprint density at radius 2 is 1.94 bits per heavy atom. The molecular formula is C12H14N2O2S. The maximum absolute atomic E-state index is 11.2. The van der Waals surface area contributed by atoms with E-state index in [1.54, 1.807) is 17.8 Å². The monoisotopic (exact) mass is 250 g/mol. The maximum atomic E-state index is 11.2. The van der Waals surface area contributed by atoms with Gasteiger partial charge in [-0.1, -0.05) is 12.1 Å². The molecule has 5 heteroatoms. The summed E-state index contributed by atoms with van der Waals surface area (Å²) in [6, 6.07) is 7.47. The first-order valence-electron chi connectivity index (χ1n) is 5.01. The van der Waals surface area contributed by atoms with Crippen molar-refractivity contribution in [3.63, 3.8) is 0 Å². The van der Waals surface area contributed by atoms with Crippen LogP contribution in [-0.4, -0.2) is 17.1 Å². The molecule has 1 N–H and O–H groups in total. The highest BCUT2D eigenvalue weighted by atomic mass is 32.2. The molecule has 1 aromatic carbocycles. The van der Waals surface area contributed by atoms with E-state index in [0.717, 1.165) is 4.90 Å². The lowest BCUT2D eigenvalue weighted by Crippen LogP contribution is -1.96. The van der Waals surface area contributed by atoms with Gasteiger partial charge in [0, 0.05) is 11.8 Å². The minimum atomic E-state index is -0.310. The molecule has 0 saturated carbocycles. The van der Waals surface area contributed by atoms with Gasteiger partial charge < -0.3 is 5.11 Å². The van der Waals surface area contributed by atoms with Crippen LogP contribution in [0.2, 0.25) is 0 Å². The Kier molecular flexibility index (Phi) is 4.90. The number of nitrogens with zero attached hydrogens (tertiary/aromatic N) is 2. The van der Waals surface area contributed by atoms with Gasteiger partial charge in [-0.3, -0.25) is 4.79 Å². The van der Waals surface area contributed by atoms with Crippen LogP contribution in [-0.2, 0) is 4.79 Å². The summed E-state index contributed by atoms with van der Waals surface area (Å²) in [5.41, 5.74) is 0.668. The third-order valence-electron chi connectivity index (χ3n) is 2.02. The first kappa shape index (κ1) is 13.4. The Morgan fingerprint density at radius 1 is 1.29 bits per heavy atom. The highest BCUT2D eigenvalue weighted by Gasteiger charge is 2.07. The van der Waals surface area contributed by atoms with E-state index in [1.165, 1.54) is 13.8 Å². The molecule has 1 aromatic rings. The van der Waals surface area contributed by atoms with Crippen molar-refractivity contribution >= 4 is 23.2 Å². The summed E-state index contributed by atoms with van der Waals surface area (Å²) >= 11 is 1.55. The van der Waals surface area contributed by atoms with Gasteiger partial charge in [0.2, 0.25) is 0 Å². The summed E-state index contributed by atoms with van der Waals surface area (Å²) in [7, 11) is 0. The standard InChI is InChI=1S/C12H14N2O2S/c1-8(15)12(9(2)16)14-13-10-6-4-5-7-11(10)17-3/h4-7,15H,1-3H3. The van der Waals surface area contributed by atoms with Crippen LogP contribution in [0.3, 0.4) is 0 Å². The van der Waals surface area contributed by atoms with Crippen molar-refractivity contribution in [3.05, 3.63) is 35.7 Å². The topological polar surface area (TPSA) is 62.0 Å². The van der Waals surface area contributed by atoms with Gasteiger partial charge >= 0.3 is 0 Å². The number of rotatable bonds is 4. The summed E-state index contributed by atoms with van der Waals surface area (Å²) in [5.74, 6) is -0.432. The van der Waals surface area contributed by atoms with Gasteiger partial charge in [0.15, 0.2) is 11.5 Å². The number of ketones is 1. The van der Waals surface area contributed by atoms with Crippen LogP contribution in [0.25, 0.3) is 0 Å². The zero-order valence-corrected chi connectivity index (χ0v) is 10.8. The Morgan fingerprint density at radius 3 is 2.47 bits per heavy atom.